The Bertz CT molecular complexity index is 478. The molecule has 5 heteroatoms. The van der Waals surface area contributed by atoms with E-state index in [1.165, 1.54) is 5.69 Å². The molecule has 1 N–H and O–H groups in total. The monoisotopic (exact) mass is 265 g/mol. The molecule has 0 saturated carbocycles. The zero-order chi connectivity index (χ0) is 12.8. The Balaban J connectivity index is 1.91. The van der Waals surface area contributed by atoms with Crippen molar-refractivity contribution in [3.8, 4) is 0 Å². The van der Waals surface area contributed by atoms with Crippen molar-refractivity contribution in [3.05, 3.63) is 40.1 Å². The number of aromatic nitrogens is 2. The van der Waals surface area contributed by atoms with Gasteiger partial charge in [-0.2, -0.15) is 0 Å². The summed E-state index contributed by atoms with van der Waals surface area (Å²) in [5.41, 5.74) is 2.38. The van der Waals surface area contributed by atoms with E-state index in [0.29, 0.717) is 0 Å². The van der Waals surface area contributed by atoms with Gasteiger partial charge >= 0.3 is 0 Å². The number of hydrogen-bond acceptors (Lipinski definition) is 4. The summed E-state index contributed by atoms with van der Waals surface area (Å²) in [7, 11) is 1.72. The fourth-order valence-corrected chi connectivity index (χ4v) is 2.55. The third kappa shape index (κ3) is 3.66. The quantitative estimate of drug-likeness (QED) is 0.779. The van der Waals surface area contributed by atoms with Crippen LogP contribution in [0.2, 0.25) is 0 Å². The van der Waals surface area contributed by atoms with Gasteiger partial charge in [0.1, 0.15) is 5.01 Å². The fraction of sp³-hybridized carbons (Fsp3) is 0.462. The molecule has 0 fully saturated rings. The molecule has 2 aromatic rings. The molecule has 0 bridgehead atoms. The molecule has 98 valence electrons. The zero-order valence-corrected chi connectivity index (χ0v) is 11.7. The van der Waals surface area contributed by atoms with Crippen molar-refractivity contribution in [2.24, 2.45) is 0 Å². The fourth-order valence-electron chi connectivity index (χ4n) is 1.78. The van der Waals surface area contributed by atoms with E-state index in [1.54, 1.807) is 18.4 Å². The summed E-state index contributed by atoms with van der Waals surface area (Å²) in [6, 6.07) is 4.22. The van der Waals surface area contributed by atoms with E-state index < -0.39 is 0 Å². The van der Waals surface area contributed by atoms with Crippen molar-refractivity contribution in [3.63, 3.8) is 0 Å². The van der Waals surface area contributed by atoms with Gasteiger partial charge in [0.25, 0.3) is 0 Å². The predicted molar refractivity (Wildman–Crippen MR) is 74.0 cm³/mol. The van der Waals surface area contributed by atoms with E-state index >= 15 is 0 Å². The van der Waals surface area contributed by atoms with Crippen LogP contribution in [0.3, 0.4) is 0 Å². The molecule has 0 unspecified atom stereocenters. The van der Waals surface area contributed by atoms with Crippen LogP contribution in [0.5, 0.6) is 0 Å². The van der Waals surface area contributed by atoms with E-state index in [0.717, 1.165) is 36.9 Å². The lowest BCUT2D eigenvalue weighted by Crippen LogP contribution is -2.20. The first-order chi connectivity index (χ1) is 8.79. The number of thiazole rings is 1. The summed E-state index contributed by atoms with van der Waals surface area (Å²) in [5.74, 6) is 0. The van der Waals surface area contributed by atoms with Gasteiger partial charge in [-0.3, -0.25) is 0 Å². The van der Waals surface area contributed by atoms with Crippen LogP contribution < -0.4 is 5.32 Å². The van der Waals surface area contributed by atoms with Crippen LogP contribution in [0.1, 0.15) is 16.4 Å². The molecule has 0 aliphatic heterocycles. The first kappa shape index (κ1) is 13.3. The molecule has 0 aliphatic carbocycles. The summed E-state index contributed by atoms with van der Waals surface area (Å²) >= 11 is 1.72. The van der Waals surface area contributed by atoms with Crippen LogP contribution in [-0.2, 0) is 17.8 Å². The van der Waals surface area contributed by atoms with E-state index in [1.807, 2.05) is 6.92 Å². The van der Waals surface area contributed by atoms with Gasteiger partial charge < -0.3 is 14.6 Å². The molecule has 2 heterocycles. The highest BCUT2D eigenvalue weighted by atomic mass is 32.1. The summed E-state index contributed by atoms with van der Waals surface area (Å²) in [4.78, 5) is 4.49. The molecule has 2 rings (SSSR count). The summed E-state index contributed by atoms with van der Waals surface area (Å²) in [6.07, 6.45) is 2.10. The van der Waals surface area contributed by atoms with Gasteiger partial charge in [-0.1, -0.05) is 0 Å². The van der Waals surface area contributed by atoms with Gasteiger partial charge in [-0.25, -0.2) is 4.98 Å². The maximum absolute atomic E-state index is 5.01. The minimum Gasteiger partial charge on any atom is -0.383 e. The highest BCUT2D eigenvalue weighted by molar-refractivity contribution is 7.09. The average molecular weight is 265 g/mol. The van der Waals surface area contributed by atoms with Gasteiger partial charge in [0.15, 0.2) is 0 Å². The molecule has 0 spiro atoms. The number of aryl methyl sites for hydroxylation is 1. The summed E-state index contributed by atoms with van der Waals surface area (Å²) in [5, 5.41) is 6.60. The minimum atomic E-state index is 0.742. The van der Waals surface area contributed by atoms with Crippen molar-refractivity contribution in [2.45, 2.75) is 20.0 Å². The number of rotatable bonds is 7. The Kier molecular flexibility index (Phi) is 4.92. The van der Waals surface area contributed by atoms with Crippen LogP contribution in [0.25, 0.3) is 0 Å². The van der Waals surface area contributed by atoms with Gasteiger partial charge in [-0.15, -0.1) is 11.3 Å². The lowest BCUT2D eigenvalue weighted by molar-refractivity contribution is 0.199. The smallest absolute Gasteiger partial charge is 0.113 e. The maximum atomic E-state index is 5.01. The first-order valence-electron chi connectivity index (χ1n) is 6.04. The largest absolute Gasteiger partial charge is 0.383 e. The molecule has 0 amide bonds. The molecule has 0 saturated heterocycles. The molecule has 4 nitrogen and oxygen atoms in total. The van der Waals surface area contributed by atoms with Crippen molar-refractivity contribution in [1.82, 2.24) is 14.9 Å². The topological polar surface area (TPSA) is 39.1 Å². The van der Waals surface area contributed by atoms with Gasteiger partial charge in [0.2, 0.25) is 0 Å². The first-order valence-corrected chi connectivity index (χ1v) is 6.92. The van der Waals surface area contributed by atoms with Crippen LogP contribution in [0, 0.1) is 6.92 Å². The molecule has 2 aromatic heterocycles. The second kappa shape index (κ2) is 6.68. The van der Waals surface area contributed by atoms with Crippen molar-refractivity contribution in [1.29, 1.82) is 0 Å². The molecular formula is C13H19N3OS. The van der Waals surface area contributed by atoms with Crippen LogP contribution in [0.15, 0.2) is 23.7 Å². The van der Waals surface area contributed by atoms with Crippen LogP contribution >= 0.6 is 11.3 Å². The third-order valence-electron chi connectivity index (χ3n) is 2.68. The van der Waals surface area contributed by atoms with E-state index in [4.69, 9.17) is 4.74 Å². The highest BCUT2D eigenvalue weighted by Gasteiger charge is 2.04. The number of nitrogens with zero attached hydrogens (tertiary/aromatic N) is 2. The lowest BCUT2D eigenvalue weighted by atomic mass is 10.4. The lowest BCUT2D eigenvalue weighted by Gasteiger charge is -2.08. The Morgan fingerprint density at radius 3 is 3.11 bits per heavy atom. The van der Waals surface area contributed by atoms with E-state index in [9.17, 15) is 0 Å². The predicted octanol–water partition coefficient (Wildman–Crippen LogP) is 2.04. The third-order valence-corrected chi connectivity index (χ3v) is 3.64. The van der Waals surface area contributed by atoms with Crippen molar-refractivity contribution in [2.75, 3.05) is 20.3 Å². The SMILES string of the molecule is COCCNCc1cccn1Cc1nc(C)cs1. The van der Waals surface area contributed by atoms with Crippen molar-refractivity contribution < 1.29 is 4.74 Å². The number of nitrogens with one attached hydrogen (secondary N) is 1. The molecule has 0 radical (unpaired) electrons. The molecular weight excluding hydrogens is 246 g/mol. The number of hydrogen-bond donors (Lipinski definition) is 1. The average Bonchev–Trinajstić information content (AvgIpc) is 2.95. The zero-order valence-electron chi connectivity index (χ0n) is 10.8. The normalized spacial score (nSPS) is 11.0. The minimum absolute atomic E-state index is 0.742. The Labute approximate surface area is 112 Å². The molecule has 0 aliphatic rings. The maximum Gasteiger partial charge on any atom is 0.113 e. The summed E-state index contributed by atoms with van der Waals surface area (Å²) < 4.78 is 7.25. The molecule has 18 heavy (non-hydrogen) atoms. The standard InChI is InChI=1S/C13H19N3OS/c1-11-10-18-13(15-11)9-16-6-3-4-12(16)8-14-5-7-17-2/h3-4,6,10,14H,5,7-9H2,1-2H3. The molecule has 0 aromatic carbocycles. The van der Waals surface area contributed by atoms with Crippen LogP contribution in [-0.4, -0.2) is 29.8 Å². The van der Waals surface area contributed by atoms with Gasteiger partial charge in [0.05, 0.1) is 13.2 Å². The van der Waals surface area contributed by atoms with Gasteiger partial charge in [-0.05, 0) is 19.1 Å². The second-order valence-corrected chi connectivity index (χ2v) is 5.12. The Morgan fingerprint density at radius 1 is 1.50 bits per heavy atom. The van der Waals surface area contributed by atoms with Crippen LogP contribution in [0.4, 0.5) is 0 Å². The molecule has 0 atom stereocenters. The second-order valence-electron chi connectivity index (χ2n) is 4.18. The van der Waals surface area contributed by atoms with E-state index in [-0.39, 0.29) is 0 Å². The number of methoxy groups -OCH3 is 1. The summed E-state index contributed by atoms with van der Waals surface area (Å²) in [6.45, 7) is 5.36. The van der Waals surface area contributed by atoms with Crippen molar-refractivity contribution >= 4 is 11.3 Å². The van der Waals surface area contributed by atoms with Gasteiger partial charge in [0, 0.05) is 43.2 Å². The Hall–Kier alpha value is -1.17. The highest BCUT2D eigenvalue weighted by Crippen LogP contribution is 2.12. The number of ether oxygens (including phenoxy) is 1. The van der Waals surface area contributed by atoms with E-state index in [2.05, 4.69) is 38.6 Å². The Morgan fingerprint density at radius 2 is 2.39 bits per heavy atom.